The van der Waals surface area contributed by atoms with Crippen molar-refractivity contribution in [1.82, 2.24) is 24.9 Å². The molecule has 0 fully saturated rings. The number of hydrogen-bond donors (Lipinski definition) is 5. The normalized spacial score (nSPS) is 11.9. The van der Waals surface area contributed by atoms with Crippen LogP contribution in [-0.4, -0.2) is 79.0 Å². The number of aromatic nitrogens is 4. The maximum Gasteiger partial charge on any atom is 0.337 e. The molecule has 2 aromatic heterocycles. The molecule has 82 heavy (non-hydrogen) atoms. The van der Waals surface area contributed by atoms with Crippen LogP contribution in [0.5, 0.6) is 0 Å². The first-order valence-electron chi connectivity index (χ1n) is 25.0. The average Bonchev–Trinajstić information content (AvgIpc) is 4.29. The van der Waals surface area contributed by atoms with Gasteiger partial charge >= 0.3 is 11.9 Å². The minimum Gasteiger partial charge on any atom is -0.478 e. The Morgan fingerprint density at radius 2 is 1.01 bits per heavy atom. The van der Waals surface area contributed by atoms with Gasteiger partial charge in [0.05, 0.1) is 59.5 Å². The molecule has 10 rings (SSSR count). The Labute approximate surface area is 481 Å². The van der Waals surface area contributed by atoms with Crippen LogP contribution in [0.2, 0.25) is 0 Å². The molecule has 0 saturated heterocycles. The number of amides is 1. The van der Waals surface area contributed by atoms with E-state index in [1.807, 2.05) is 103 Å². The largest absolute Gasteiger partial charge is 0.478 e. The zero-order valence-electron chi connectivity index (χ0n) is 45.4. The molecule has 2 atom stereocenters. The summed E-state index contributed by atoms with van der Waals surface area (Å²) in [6, 6.07) is 41.5. The third-order valence-electron chi connectivity index (χ3n) is 12.5. The lowest BCUT2D eigenvalue weighted by Gasteiger charge is -2.18. The number of anilines is 2. The second kappa shape index (κ2) is 26.2. The maximum atomic E-state index is 14.7. The molecule has 0 aliphatic rings. The number of fused-ring (bicyclic) bond motifs is 3. The zero-order chi connectivity index (χ0) is 59.6. The van der Waals surface area contributed by atoms with Gasteiger partial charge in [-0.2, -0.15) is 10.2 Å². The van der Waals surface area contributed by atoms with E-state index in [2.05, 4.69) is 45.6 Å². The van der Waals surface area contributed by atoms with Crippen LogP contribution in [0.3, 0.4) is 0 Å². The topological polar surface area (TPSA) is 247 Å². The van der Waals surface area contributed by atoms with Gasteiger partial charge in [-0.1, -0.05) is 52.3 Å². The first-order valence-corrected chi connectivity index (χ1v) is 29.5. The molecule has 6 N–H and O–H groups in total. The van der Waals surface area contributed by atoms with E-state index in [1.54, 1.807) is 85.9 Å². The molecule has 0 spiro atoms. The van der Waals surface area contributed by atoms with Crippen LogP contribution in [0.25, 0.3) is 43.7 Å². The Morgan fingerprint density at radius 3 is 1.48 bits per heavy atom. The number of sulfonamides is 2. The second-order valence-electron chi connectivity index (χ2n) is 19.0. The molecule has 8 aromatic carbocycles. The summed E-state index contributed by atoms with van der Waals surface area (Å²) in [6.45, 7) is 6.71. The molecule has 10 aromatic rings. The Balaban J connectivity index is 0.000000168. The molecular formula is C60H57BrF2N8O9S2. The van der Waals surface area contributed by atoms with Gasteiger partial charge in [0.25, 0.3) is 5.91 Å². The van der Waals surface area contributed by atoms with Gasteiger partial charge in [-0.25, -0.2) is 44.6 Å². The molecule has 0 aliphatic carbocycles. The number of rotatable bonds is 12. The van der Waals surface area contributed by atoms with E-state index in [1.165, 1.54) is 13.2 Å². The quantitative estimate of drug-likeness (QED) is 0.0717. The van der Waals surface area contributed by atoms with Gasteiger partial charge in [0, 0.05) is 52.0 Å². The van der Waals surface area contributed by atoms with Crippen molar-refractivity contribution < 1.29 is 49.8 Å². The number of aromatic carboxylic acids is 1. The number of carboxylic acid groups (broad SMARTS) is 1. The number of ether oxygens (including phenoxy) is 1. The Hall–Kier alpha value is -8.83. The number of halogens is 3. The molecule has 0 unspecified atom stereocenters. The summed E-state index contributed by atoms with van der Waals surface area (Å²) >= 11 is 3.40. The van der Waals surface area contributed by atoms with Crippen molar-refractivity contribution in [3.63, 3.8) is 0 Å². The van der Waals surface area contributed by atoms with E-state index in [9.17, 15) is 40.0 Å². The molecular weight excluding hydrogens is 1160 g/mol. The maximum absolute atomic E-state index is 14.7. The van der Waals surface area contributed by atoms with Crippen LogP contribution in [-0.2, 0) is 24.8 Å². The molecule has 2 heterocycles. The third kappa shape index (κ3) is 16.2. The number of aryl methyl sites for hydroxylation is 2. The van der Waals surface area contributed by atoms with Crippen molar-refractivity contribution >= 4 is 97.5 Å². The number of esters is 1. The highest BCUT2D eigenvalue weighted by Gasteiger charge is 2.19. The average molecular weight is 1220 g/mol. The summed E-state index contributed by atoms with van der Waals surface area (Å²) < 4.78 is 86.9. The summed E-state index contributed by atoms with van der Waals surface area (Å²) in [4.78, 5) is 35.0. The van der Waals surface area contributed by atoms with Gasteiger partial charge in [0.15, 0.2) is 0 Å². The molecule has 424 valence electrons. The molecule has 0 radical (unpaired) electrons. The minimum atomic E-state index is -3.53. The van der Waals surface area contributed by atoms with Crippen molar-refractivity contribution in [2.75, 3.05) is 29.1 Å². The fourth-order valence-electron chi connectivity index (χ4n) is 8.40. The number of benzene rings is 8. The predicted octanol–water partition coefficient (Wildman–Crippen LogP) is 12.0. The van der Waals surface area contributed by atoms with Crippen molar-refractivity contribution in [3.8, 4) is 11.4 Å². The minimum absolute atomic E-state index is 0.168. The molecule has 22 heteroatoms. The van der Waals surface area contributed by atoms with Crippen molar-refractivity contribution in [1.29, 1.82) is 0 Å². The monoisotopic (exact) mass is 1210 g/mol. The van der Waals surface area contributed by atoms with Crippen LogP contribution in [0.1, 0.15) is 79.3 Å². The SMILES string of the molecule is COC(=O)c1ccc2cc(Br)ccc2c1.Cc1cc([C@@H](C)N)c(F)cc1NS(C)(=O)=O.Cc1cc([C@@H](C)NC(=O)c2ccc3cc(-n4cccn4)ccc3c2)c(F)cc1NS(C)(=O)=O.O=C(O)c1ccc2cc(-n3cccn3)ccc2c1. The molecule has 0 saturated carbocycles. The second-order valence-corrected chi connectivity index (χ2v) is 23.4. The lowest BCUT2D eigenvalue weighted by molar-refractivity contribution is 0.0599. The Bertz CT molecular complexity index is 4220. The highest BCUT2D eigenvalue weighted by molar-refractivity contribution is 9.10. The van der Waals surface area contributed by atoms with Crippen molar-refractivity contribution in [2.24, 2.45) is 5.73 Å². The number of methoxy groups -OCH3 is 1. The number of hydrogen-bond acceptors (Lipinski definition) is 11. The van der Waals surface area contributed by atoms with Gasteiger partial charge in [-0.3, -0.25) is 14.2 Å². The van der Waals surface area contributed by atoms with E-state index in [0.29, 0.717) is 33.4 Å². The van der Waals surface area contributed by atoms with E-state index in [4.69, 9.17) is 10.8 Å². The van der Waals surface area contributed by atoms with Crippen LogP contribution in [0.15, 0.2) is 175 Å². The van der Waals surface area contributed by atoms with Gasteiger partial charge in [0.2, 0.25) is 20.0 Å². The summed E-state index contributed by atoms with van der Waals surface area (Å²) in [5, 5.41) is 26.0. The smallest absolute Gasteiger partial charge is 0.337 e. The highest BCUT2D eigenvalue weighted by Crippen LogP contribution is 2.28. The fraction of sp³-hybridized carbons (Fsp3) is 0.150. The Morgan fingerprint density at radius 1 is 0.598 bits per heavy atom. The van der Waals surface area contributed by atoms with Crippen LogP contribution >= 0.6 is 15.9 Å². The molecule has 0 bridgehead atoms. The highest BCUT2D eigenvalue weighted by atomic mass is 79.9. The molecule has 1 amide bonds. The first-order chi connectivity index (χ1) is 38.7. The van der Waals surface area contributed by atoms with E-state index < -0.39 is 49.7 Å². The number of nitrogens with zero attached hydrogens (tertiary/aromatic N) is 4. The van der Waals surface area contributed by atoms with Crippen LogP contribution < -0.4 is 20.5 Å². The predicted molar refractivity (Wildman–Crippen MR) is 320 cm³/mol. The summed E-state index contributed by atoms with van der Waals surface area (Å²) in [5.74, 6) is -2.67. The van der Waals surface area contributed by atoms with E-state index in [0.717, 1.165) is 72.8 Å². The number of nitrogens with two attached hydrogens (primary N) is 1. The van der Waals surface area contributed by atoms with Gasteiger partial charge in [0.1, 0.15) is 11.6 Å². The lowest BCUT2D eigenvalue weighted by atomic mass is 10.0. The Kier molecular flexibility index (Phi) is 19.4. The first kappa shape index (κ1) is 60.8. The summed E-state index contributed by atoms with van der Waals surface area (Å²) in [6.07, 6.45) is 9.17. The van der Waals surface area contributed by atoms with Gasteiger partial charge in [-0.15, -0.1) is 0 Å². The van der Waals surface area contributed by atoms with Gasteiger partial charge < -0.3 is 20.9 Å². The van der Waals surface area contributed by atoms with E-state index >= 15 is 0 Å². The molecule has 0 aliphatic heterocycles. The van der Waals surface area contributed by atoms with Crippen LogP contribution in [0, 0.1) is 25.5 Å². The number of carbonyl (C=O) groups is 3. The van der Waals surface area contributed by atoms with Crippen LogP contribution in [0.4, 0.5) is 20.2 Å². The fourth-order valence-corrected chi connectivity index (χ4v) is 10.0. The van der Waals surface area contributed by atoms with Crippen molar-refractivity contribution in [3.05, 3.63) is 225 Å². The third-order valence-corrected chi connectivity index (χ3v) is 14.2. The number of carboxylic acids is 1. The summed E-state index contributed by atoms with van der Waals surface area (Å²) in [7, 11) is -5.54. The lowest BCUT2D eigenvalue weighted by Crippen LogP contribution is -2.27. The van der Waals surface area contributed by atoms with E-state index in [-0.39, 0.29) is 28.8 Å². The van der Waals surface area contributed by atoms with Crippen molar-refractivity contribution in [2.45, 2.75) is 39.8 Å². The standard InChI is InChI=1S/C24H23FN4O3S.C14H10N2O2.C12H9BrO2.C10H15FN2O2S/c1-15-11-21(22(25)14-23(15)28-33(3,31)32)16(2)27-24(30)19-6-5-18-13-20(8-7-17(18)12-19)29-10-4-9-26-29;17-14(18)12-3-2-11-9-13(5-4-10(11)8-12)16-7-1-6-15-16;1-15-12(14)10-3-2-9-7-11(13)5-4-8(9)6-10;1-6-4-8(7(2)12)9(11)5-10(6)13-16(3,14)15/h4-14,16,28H,1-3H3,(H,27,30);1-9H,(H,17,18);2-7H,1H3;4-5,7,13H,12H2,1-3H3/t16-;;;7-/m1..1/s1. The summed E-state index contributed by atoms with van der Waals surface area (Å²) in [5.41, 5.74) is 11.0. The number of nitrogens with one attached hydrogen (secondary N) is 3. The number of carbonyl (C=O) groups excluding carboxylic acids is 2. The molecule has 17 nitrogen and oxygen atoms in total. The van der Waals surface area contributed by atoms with Gasteiger partial charge in [-0.05, 0) is 180 Å². The zero-order valence-corrected chi connectivity index (χ0v) is 48.6.